The first-order chi connectivity index (χ1) is 12.0. The lowest BCUT2D eigenvalue weighted by Gasteiger charge is -2.17. The zero-order valence-corrected chi connectivity index (χ0v) is 14.3. The number of amides is 1. The number of nitrogens with one attached hydrogen (secondary N) is 1. The Balaban J connectivity index is 2.15. The summed E-state index contributed by atoms with van der Waals surface area (Å²) < 4.78 is 10.9. The molecular weight excluding hydrogens is 324 g/mol. The van der Waals surface area contributed by atoms with E-state index in [1.54, 1.807) is 13.0 Å². The van der Waals surface area contributed by atoms with Crippen molar-refractivity contribution in [1.29, 1.82) is 0 Å². The molecule has 132 valence electrons. The molecule has 25 heavy (non-hydrogen) atoms. The molecule has 1 atom stereocenters. The van der Waals surface area contributed by atoms with Crippen molar-refractivity contribution in [3.63, 3.8) is 0 Å². The number of para-hydroxylation sites is 1. The van der Waals surface area contributed by atoms with Crippen LogP contribution < -0.4 is 14.8 Å². The van der Waals surface area contributed by atoms with Gasteiger partial charge in [0.15, 0.2) is 6.10 Å². The van der Waals surface area contributed by atoms with Gasteiger partial charge in [-0.2, -0.15) is 0 Å². The summed E-state index contributed by atoms with van der Waals surface area (Å²) in [6, 6.07) is 11.5. The van der Waals surface area contributed by atoms with Gasteiger partial charge in [0.1, 0.15) is 11.5 Å². The first-order valence-electron chi connectivity index (χ1n) is 7.84. The lowest BCUT2D eigenvalue weighted by molar-refractivity contribution is -0.384. The fourth-order valence-corrected chi connectivity index (χ4v) is 2.30. The Morgan fingerprint density at radius 2 is 1.96 bits per heavy atom. The minimum absolute atomic E-state index is 0.138. The van der Waals surface area contributed by atoms with E-state index in [-0.39, 0.29) is 11.4 Å². The van der Waals surface area contributed by atoms with E-state index < -0.39 is 16.9 Å². The molecule has 0 saturated carbocycles. The fraction of sp³-hybridized carbons (Fsp3) is 0.278. The Hall–Kier alpha value is -3.09. The number of nitro groups is 1. The van der Waals surface area contributed by atoms with Crippen LogP contribution in [0.25, 0.3) is 0 Å². The van der Waals surface area contributed by atoms with Crippen LogP contribution in [-0.4, -0.2) is 24.0 Å². The van der Waals surface area contributed by atoms with Crippen molar-refractivity contribution in [2.45, 2.75) is 26.4 Å². The molecule has 2 aromatic rings. The number of nitro benzene ring substituents is 1. The van der Waals surface area contributed by atoms with Crippen molar-refractivity contribution in [3.8, 4) is 11.5 Å². The van der Waals surface area contributed by atoms with Gasteiger partial charge in [0.2, 0.25) is 0 Å². The number of methoxy groups -OCH3 is 1. The minimum atomic E-state index is -0.781. The number of hydrogen-bond acceptors (Lipinski definition) is 5. The Bertz CT molecular complexity index is 776. The number of nitrogens with zero attached hydrogens (tertiary/aromatic N) is 1. The summed E-state index contributed by atoms with van der Waals surface area (Å²) in [5.41, 5.74) is 1.08. The Labute approximate surface area is 145 Å². The van der Waals surface area contributed by atoms with E-state index in [2.05, 4.69) is 5.32 Å². The maximum absolute atomic E-state index is 12.4. The Morgan fingerprint density at radius 1 is 1.24 bits per heavy atom. The number of ether oxygens (including phenoxy) is 2. The van der Waals surface area contributed by atoms with Gasteiger partial charge >= 0.3 is 0 Å². The summed E-state index contributed by atoms with van der Waals surface area (Å²) in [6.07, 6.45) is 0.000105. The standard InChI is InChI=1S/C18H20N2O5/c1-4-13-7-5-6-8-16(13)25-12(2)18(21)19-15-11-14(20(22)23)9-10-17(15)24-3/h5-12H,4H2,1-3H3,(H,19,21)/t12-/m1/s1. The average Bonchev–Trinajstić information content (AvgIpc) is 2.61. The van der Waals surface area contributed by atoms with Gasteiger partial charge in [-0.05, 0) is 31.0 Å². The highest BCUT2D eigenvalue weighted by Crippen LogP contribution is 2.29. The molecule has 0 aliphatic rings. The summed E-state index contributed by atoms with van der Waals surface area (Å²) in [6.45, 7) is 3.62. The molecule has 2 rings (SSSR count). The summed E-state index contributed by atoms with van der Waals surface area (Å²) in [5, 5.41) is 13.5. The normalized spacial score (nSPS) is 11.5. The second kappa shape index (κ2) is 8.14. The molecule has 7 nitrogen and oxygen atoms in total. The molecular formula is C18H20N2O5. The van der Waals surface area contributed by atoms with Gasteiger partial charge in [-0.25, -0.2) is 0 Å². The molecule has 0 aromatic heterocycles. The highest BCUT2D eigenvalue weighted by Gasteiger charge is 2.19. The number of carbonyl (C=O) groups excluding carboxylic acids is 1. The highest BCUT2D eigenvalue weighted by atomic mass is 16.6. The van der Waals surface area contributed by atoms with Crippen molar-refractivity contribution in [1.82, 2.24) is 0 Å². The van der Waals surface area contributed by atoms with Crippen LogP contribution in [0.2, 0.25) is 0 Å². The van der Waals surface area contributed by atoms with E-state index in [1.165, 1.54) is 25.3 Å². The predicted octanol–water partition coefficient (Wildman–Crippen LogP) is 3.57. The summed E-state index contributed by atoms with van der Waals surface area (Å²) in [7, 11) is 1.42. The van der Waals surface area contributed by atoms with E-state index in [0.717, 1.165) is 12.0 Å². The predicted molar refractivity (Wildman–Crippen MR) is 94.2 cm³/mol. The van der Waals surface area contributed by atoms with Crippen molar-refractivity contribution in [2.75, 3.05) is 12.4 Å². The fourth-order valence-electron chi connectivity index (χ4n) is 2.30. The summed E-state index contributed by atoms with van der Waals surface area (Å²) >= 11 is 0. The number of rotatable bonds is 7. The number of benzene rings is 2. The summed E-state index contributed by atoms with van der Waals surface area (Å²) in [5.74, 6) is 0.545. The minimum Gasteiger partial charge on any atom is -0.495 e. The largest absolute Gasteiger partial charge is 0.495 e. The maximum atomic E-state index is 12.4. The topological polar surface area (TPSA) is 90.7 Å². The van der Waals surface area contributed by atoms with Crippen LogP contribution in [-0.2, 0) is 11.2 Å². The van der Waals surface area contributed by atoms with Gasteiger partial charge < -0.3 is 14.8 Å². The first kappa shape index (κ1) is 18.3. The average molecular weight is 344 g/mol. The zero-order chi connectivity index (χ0) is 18.4. The maximum Gasteiger partial charge on any atom is 0.271 e. The van der Waals surface area contributed by atoms with Crippen molar-refractivity contribution in [3.05, 3.63) is 58.1 Å². The van der Waals surface area contributed by atoms with Crippen molar-refractivity contribution < 1.29 is 19.2 Å². The Kier molecular flexibility index (Phi) is 5.94. The van der Waals surface area contributed by atoms with Crippen LogP contribution in [0, 0.1) is 10.1 Å². The zero-order valence-electron chi connectivity index (χ0n) is 14.3. The van der Waals surface area contributed by atoms with Crippen LogP contribution >= 0.6 is 0 Å². The molecule has 0 fully saturated rings. The molecule has 0 unspecified atom stereocenters. The molecule has 0 aliphatic heterocycles. The van der Waals surface area contributed by atoms with Crippen LogP contribution in [0.15, 0.2) is 42.5 Å². The van der Waals surface area contributed by atoms with Crippen molar-refractivity contribution in [2.24, 2.45) is 0 Å². The second-order valence-corrected chi connectivity index (χ2v) is 5.35. The van der Waals surface area contributed by atoms with Crippen LogP contribution in [0.1, 0.15) is 19.4 Å². The number of carbonyl (C=O) groups is 1. The summed E-state index contributed by atoms with van der Waals surface area (Å²) in [4.78, 5) is 22.8. The molecule has 0 spiro atoms. The van der Waals surface area contributed by atoms with Gasteiger partial charge in [0.25, 0.3) is 11.6 Å². The monoisotopic (exact) mass is 344 g/mol. The van der Waals surface area contributed by atoms with Gasteiger partial charge in [-0.1, -0.05) is 25.1 Å². The molecule has 1 amide bonds. The van der Waals surface area contributed by atoms with Crippen LogP contribution in [0.5, 0.6) is 11.5 Å². The molecule has 0 saturated heterocycles. The molecule has 0 bridgehead atoms. The van der Waals surface area contributed by atoms with E-state index in [0.29, 0.717) is 11.5 Å². The molecule has 7 heteroatoms. The molecule has 0 aliphatic carbocycles. The lowest BCUT2D eigenvalue weighted by atomic mass is 10.1. The number of hydrogen-bond donors (Lipinski definition) is 1. The quantitative estimate of drug-likeness (QED) is 0.612. The van der Waals surface area contributed by atoms with E-state index in [4.69, 9.17) is 9.47 Å². The van der Waals surface area contributed by atoms with E-state index in [9.17, 15) is 14.9 Å². The van der Waals surface area contributed by atoms with Crippen molar-refractivity contribution >= 4 is 17.3 Å². The van der Waals surface area contributed by atoms with Gasteiger partial charge in [-0.3, -0.25) is 14.9 Å². The van der Waals surface area contributed by atoms with Crippen LogP contribution in [0.4, 0.5) is 11.4 Å². The molecule has 2 aromatic carbocycles. The van der Waals surface area contributed by atoms with Gasteiger partial charge in [0, 0.05) is 12.1 Å². The number of anilines is 1. The highest BCUT2D eigenvalue weighted by molar-refractivity contribution is 5.95. The lowest BCUT2D eigenvalue weighted by Crippen LogP contribution is -2.30. The third kappa shape index (κ3) is 4.47. The SMILES string of the molecule is CCc1ccccc1O[C@H](C)C(=O)Nc1cc([N+](=O)[O-])ccc1OC. The third-order valence-corrected chi connectivity index (χ3v) is 3.68. The molecule has 0 radical (unpaired) electrons. The smallest absolute Gasteiger partial charge is 0.271 e. The number of non-ortho nitro benzene ring substituents is 1. The first-order valence-corrected chi connectivity index (χ1v) is 7.84. The van der Waals surface area contributed by atoms with Crippen LogP contribution in [0.3, 0.4) is 0 Å². The van der Waals surface area contributed by atoms with E-state index >= 15 is 0 Å². The Morgan fingerprint density at radius 3 is 2.60 bits per heavy atom. The second-order valence-electron chi connectivity index (χ2n) is 5.35. The molecule has 1 N–H and O–H groups in total. The van der Waals surface area contributed by atoms with E-state index in [1.807, 2.05) is 25.1 Å². The third-order valence-electron chi connectivity index (χ3n) is 3.68. The molecule has 0 heterocycles. The van der Waals surface area contributed by atoms with Gasteiger partial charge in [0.05, 0.1) is 17.7 Å². The van der Waals surface area contributed by atoms with Gasteiger partial charge in [-0.15, -0.1) is 0 Å². The number of aryl methyl sites for hydroxylation is 1.